The summed E-state index contributed by atoms with van der Waals surface area (Å²) in [5.41, 5.74) is 0.462. The van der Waals surface area contributed by atoms with E-state index >= 15 is 0 Å². The number of halogens is 2. The molecule has 2 rings (SSSR count). The van der Waals surface area contributed by atoms with Crippen LogP contribution in [0.5, 0.6) is 0 Å². The number of rotatable bonds is 5. The van der Waals surface area contributed by atoms with Crippen LogP contribution in [-0.4, -0.2) is 21.3 Å². The van der Waals surface area contributed by atoms with Gasteiger partial charge in [0, 0.05) is 11.4 Å². The van der Waals surface area contributed by atoms with Crippen molar-refractivity contribution in [3.05, 3.63) is 46.2 Å². The minimum absolute atomic E-state index is 0.0470. The molecule has 0 fully saturated rings. The highest BCUT2D eigenvalue weighted by molar-refractivity contribution is 8.00. The number of ketones is 1. The van der Waals surface area contributed by atoms with Crippen LogP contribution in [0, 0.1) is 0 Å². The number of benzene rings is 1. The summed E-state index contributed by atoms with van der Waals surface area (Å²) in [6, 6.07) is 7.44. The molecule has 100 valence electrons. The molecule has 1 heterocycles. The summed E-state index contributed by atoms with van der Waals surface area (Å²) in [6.07, 6.45) is 1.50. The van der Waals surface area contributed by atoms with E-state index < -0.39 is 0 Å². The highest BCUT2D eigenvalue weighted by Gasteiger charge is 2.17. The van der Waals surface area contributed by atoms with Crippen molar-refractivity contribution < 1.29 is 4.79 Å². The Morgan fingerprint density at radius 3 is 2.74 bits per heavy atom. The zero-order valence-electron chi connectivity index (χ0n) is 10.3. The van der Waals surface area contributed by atoms with E-state index in [2.05, 4.69) is 5.10 Å². The van der Waals surface area contributed by atoms with E-state index in [1.165, 1.54) is 18.0 Å². The SMILES string of the molecule is CCn1ncc(Cl)c1C(=O)CSc1ccccc1Cl. The Balaban J connectivity index is 2.10. The van der Waals surface area contributed by atoms with Crippen LogP contribution in [0.25, 0.3) is 0 Å². The van der Waals surface area contributed by atoms with Gasteiger partial charge in [0.1, 0.15) is 5.69 Å². The summed E-state index contributed by atoms with van der Waals surface area (Å²) in [5, 5.41) is 5.10. The van der Waals surface area contributed by atoms with E-state index in [1.807, 2.05) is 25.1 Å². The van der Waals surface area contributed by atoms with Gasteiger partial charge in [0.15, 0.2) is 5.78 Å². The van der Waals surface area contributed by atoms with Gasteiger partial charge in [-0.15, -0.1) is 11.8 Å². The van der Waals surface area contributed by atoms with Gasteiger partial charge in [-0.05, 0) is 19.1 Å². The van der Waals surface area contributed by atoms with Gasteiger partial charge in [-0.2, -0.15) is 5.10 Å². The molecule has 19 heavy (non-hydrogen) atoms. The van der Waals surface area contributed by atoms with Crippen molar-refractivity contribution >= 4 is 40.7 Å². The van der Waals surface area contributed by atoms with Crippen LogP contribution in [0.15, 0.2) is 35.4 Å². The molecular formula is C13H12Cl2N2OS. The van der Waals surface area contributed by atoms with Crippen LogP contribution in [0.3, 0.4) is 0 Å². The molecule has 0 amide bonds. The molecule has 1 aromatic heterocycles. The second-order valence-electron chi connectivity index (χ2n) is 3.80. The Labute approximate surface area is 125 Å². The molecular weight excluding hydrogens is 303 g/mol. The number of nitrogens with zero attached hydrogens (tertiary/aromatic N) is 2. The Hall–Kier alpha value is -0.970. The average Bonchev–Trinajstić information content (AvgIpc) is 2.78. The van der Waals surface area contributed by atoms with Gasteiger partial charge in [0.25, 0.3) is 0 Å². The van der Waals surface area contributed by atoms with Gasteiger partial charge >= 0.3 is 0 Å². The van der Waals surface area contributed by atoms with E-state index in [0.717, 1.165) is 4.90 Å². The number of carbonyl (C=O) groups is 1. The first-order chi connectivity index (χ1) is 9.13. The van der Waals surface area contributed by atoms with Crippen LogP contribution < -0.4 is 0 Å². The van der Waals surface area contributed by atoms with Gasteiger partial charge in [0.05, 0.1) is 22.0 Å². The molecule has 0 saturated heterocycles. The van der Waals surface area contributed by atoms with E-state index in [4.69, 9.17) is 23.2 Å². The number of hydrogen-bond acceptors (Lipinski definition) is 3. The molecule has 0 atom stereocenters. The average molecular weight is 315 g/mol. The molecule has 6 heteroatoms. The topological polar surface area (TPSA) is 34.9 Å². The second-order valence-corrected chi connectivity index (χ2v) is 5.63. The van der Waals surface area contributed by atoms with Crippen LogP contribution in [0.4, 0.5) is 0 Å². The van der Waals surface area contributed by atoms with Crippen LogP contribution in [-0.2, 0) is 6.54 Å². The van der Waals surface area contributed by atoms with Gasteiger partial charge < -0.3 is 0 Å². The molecule has 0 saturated carbocycles. The first-order valence-corrected chi connectivity index (χ1v) is 7.49. The Morgan fingerprint density at radius 2 is 2.05 bits per heavy atom. The summed E-state index contributed by atoms with van der Waals surface area (Å²) in [7, 11) is 0. The molecule has 3 nitrogen and oxygen atoms in total. The summed E-state index contributed by atoms with van der Waals surface area (Å²) in [6.45, 7) is 2.53. The first-order valence-electron chi connectivity index (χ1n) is 5.75. The van der Waals surface area contributed by atoms with Crippen molar-refractivity contribution in [1.29, 1.82) is 0 Å². The van der Waals surface area contributed by atoms with Crippen molar-refractivity contribution in [2.45, 2.75) is 18.4 Å². The zero-order chi connectivity index (χ0) is 13.8. The molecule has 1 aromatic carbocycles. The third-order valence-corrected chi connectivity index (χ3v) is 4.35. The number of carbonyl (C=O) groups excluding carboxylic acids is 1. The normalized spacial score (nSPS) is 10.7. The number of Topliss-reactive ketones (excluding diaryl/α,β-unsaturated/α-hetero) is 1. The van der Waals surface area contributed by atoms with Crippen molar-refractivity contribution in [1.82, 2.24) is 9.78 Å². The number of aryl methyl sites for hydroxylation is 1. The Morgan fingerprint density at radius 1 is 1.32 bits per heavy atom. The lowest BCUT2D eigenvalue weighted by molar-refractivity contribution is 0.101. The summed E-state index contributed by atoms with van der Waals surface area (Å²) in [4.78, 5) is 13.1. The summed E-state index contributed by atoms with van der Waals surface area (Å²) >= 11 is 13.4. The van der Waals surface area contributed by atoms with E-state index in [-0.39, 0.29) is 11.5 Å². The third-order valence-electron chi connectivity index (χ3n) is 2.55. The largest absolute Gasteiger partial charge is 0.291 e. The maximum absolute atomic E-state index is 12.2. The standard InChI is InChI=1S/C13H12Cl2N2OS/c1-2-17-13(10(15)7-16-17)11(18)8-19-12-6-4-3-5-9(12)14/h3-7H,2,8H2,1H3. The first kappa shape index (κ1) is 14.4. The number of hydrogen-bond donors (Lipinski definition) is 0. The fraction of sp³-hybridized carbons (Fsp3) is 0.231. The maximum Gasteiger partial charge on any atom is 0.192 e. The van der Waals surface area contributed by atoms with Gasteiger partial charge in [0.2, 0.25) is 0 Å². The number of aromatic nitrogens is 2. The smallest absolute Gasteiger partial charge is 0.192 e. The van der Waals surface area contributed by atoms with E-state index in [9.17, 15) is 4.79 Å². The quantitative estimate of drug-likeness (QED) is 0.613. The van der Waals surface area contributed by atoms with Crippen LogP contribution in [0.1, 0.15) is 17.4 Å². The zero-order valence-corrected chi connectivity index (χ0v) is 12.6. The molecule has 0 spiro atoms. The molecule has 0 aliphatic heterocycles. The molecule has 0 N–H and O–H groups in total. The lowest BCUT2D eigenvalue weighted by Gasteiger charge is -2.05. The highest BCUT2D eigenvalue weighted by Crippen LogP contribution is 2.28. The van der Waals surface area contributed by atoms with Gasteiger partial charge in [-0.1, -0.05) is 35.3 Å². The Bertz CT molecular complexity index is 598. The summed E-state index contributed by atoms with van der Waals surface area (Å²) in [5.74, 6) is 0.240. The fourth-order valence-corrected chi connectivity index (χ4v) is 3.00. The van der Waals surface area contributed by atoms with Gasteiger partial charge in [-0.25, -0.2) is 0 Å². The monoisotopic (exact) mass is 314 g/mol. The lowest BCUT2D eigenvalue weighted by atomic mass is 10.3. The molecule has 2 aromatic rings. The molecule has 0 aliphatic carbocycles. The maximum atomic E-state index is 12.2. The van der Waals surface area contributed by atoms with E-state index in [0.29, 0.717) is 22.3 Å². The molecule has 0 bridgehead atoms. The lowest BCUT2D eigenvalue weighted by Crippen LogP contribution is -2.11. The highest BCUT2D eigenvalue weighted by atomic mass is 35.5. The molecule has 0 aliphatic rings. The van der Waals surface area contributed by atoms with Crippen molar-refractivity contribution in [2.24, 2.45) is 0 Å². The minimum atomic E-state index is -0.0470. The fourth-order valence-electron chi connectivity index (χ4n) is 1.65. The predicted molar refractivity (Wildman–Crippen MR) is 79.4 cm³/mol. The van der Waals surface area contributed by atoms with Crippen LogP contribution >= 0.6 is 35.0 Å². The number of thioether (sulfide) groups is 1. The van der Waals surface area contributed by atoms with Crippen LogP contribution in [0.2, 0.25) is 10.0 Å². The van der Waals surface area contributed by atoms with Crippen molar-refractivity contribution in [3.8, 4) is 0 Å². The molecule has 0 unspecified atom stereocenters. The Kier molecular flexibility index (Phi) is 4.91. The van der Waals surface area contributed by atoms with Crippen molar-refractivity contribution in [3.63, 3.8) is 0 Å². The van der Waals surface area contributed by atoms with E-state index in [1.54, 1.807) is 10.7 Å². The molecule has 0 radical (unpaired) electrons. The summed E-state index contributed by atoms with van der Waals surface area (Å²) < 4.78 is 1.61. The minimum Gasteiger partial charge on any atom is -0.291 e. The third kappa shape index (κ3) is 3.32. The van der Waals surface area contributed by atoms with Crippen molar-refractivity contribution in [2.75, 3.05) is 5.75 Å². The van der Waals surface area contributed by atoms with Gasteiger partial charge in [-0.3, -0.25) is 9.48 Å². The predicted octanol–water partition coefficient (Wildman–Crippen LogP) is 4.18. The second kappa shape index (κ2) is 6.46.